The number of ether oxygens (including phenoxy) is 1. The van der Waals surface area contributed by atoms with Gasteiger partial charge in [-0.25, -0.2) is 0 Å². The van der Waals surface area contributed by atoms with Gasteiger partial charge in [0.05, 0.1) is 0 Å². The Labute approximate surface area is 77.3 Å². The van der Waals surface area contributed by atoms with E-state index in [1.54, 1.807) is 12.2 Å². The Balaban J connectivity index is 2.08. The molecule has 0 amide bonds. The molecule has 2 atom stereocenters. The smallest absolute Gasteiger partial charge is 0.221 e. The van der Waals surface area contributed by atoms with Gasteiger partial charge < -0.3 is 14.9 Å². The Morgan fingerprint density at radius 2 is 2.38 bits per heavy atom. The number of unbranched alkanes of at least 4 members (excludes halogenated alkanes) is 1. The van der Waals surface area contributed by atoms with Crippen LogP contribution >= 0.6 is 0 Å². The number of aliphatic hydroxyl groups is 2. The second-order valence-corrected chi connectivity index (χ2v) is 3.60. The van der Waals surface area contributed by atoms with E-state index in [4.69, 9.17) is 4.74 Å². The van der Waals surface area contributed by atoms with E-state index in [0.717, 1.165) is 24.8 Å². The van der Waals surface area contributed by atoms with Crippen LogP contribution < -0.4 is 0 Å². The largest absolute Gasteiger partial charge is 0.509 e. The summed E-state index contributed by atoms with van der Waals surface area (Å²) in [6.07, 6.45) is 5.88. The van der Waals surface area contributed by atoms with E-state index in [1.165, 1.54) is 0 Å². The molecular formula is C10H14O3. The molecule has 0 aromatic carbocycles. The molecule has 3 heteroatoms. The van der Waals surface area contributed by atoms with E-state index in [0.29, 0.717) is 0 Å². The molecule has 1 aliphatic carbocycles. The lowest BCUT2D eigenvalue weighted by atomic mass is 9.99. The van der Waals surface area contributed by atoms with Gasteiger partial charge in [-0.15, -0.1) is 0 Å². The Morgan fingerprint density at radius 1 is 1.62 bits per heavy atom. The number of rotatable bonds is 3. The minimum Gasteiger partial charge on any atom is -0.509 e. The van der Waals surface area contributed by atoms with Crippen molar-refractivity contribution in [3.8, 4) is 0 Å². The summed E-state index contributed by atoms with van der Waals surface area (Å²) in [5.41, 5.74) is 0.897. The van der Waals surface area contributed by atoms with E-state index in [1.807, 2.05) is 0 Å². The Kier molecular flexibility index (Phi) is 1.93. The molecular weight excluding hydrogens is 168 g/mol. The first-order chi connectivity index (χ1) is 6.17. The molecule has 2 unspecified atom stereocenters. The van der Waals surface area contributed by atoms with E-state index in [9.17, 15) is 10.2 Å². The maximum atomic E-state index is 9.61. The second-order valence-electron chi connectivity index (χ2n) is 3.60. The molecule has 0 aromatic rings. The van der Waals surface area contributed by atoms with Crippen LogP contribution in [0.3, 0.4) is 0 Å². The molecule has 0 saturated carbocycles. The average molecular weight is 182 g/mol. The van der Waals surface area contributed by atoms with E-state index >= 15 is 0 Å². The van der Waals surface area contributed by atoms with Crippen molar-refractivity contribution in [2.45, 2.75) is 38.1 Å². The standard InChI is InChI=1S/C10H14O3/c1-2-3-4-7-5-6-10(12)9(13-10)8(7)11/h5-6,9,11-12H,2-4H2,1H3. The molecule has 72 valence electrons. The van der Waals surface area contributed by atoms with Crippen LogP contribution in [0.15, 0.2) is 23.5 Å². The summed E-state index contributed by atoms with van der Waals surface area (Å²) >= 11 is 0. The molecule has 2 N–H and O–H groups in total. The molecule has 13 heavy (non-hydrogen) atoms. The summed E-state index contributed by atoms with van der Waals surface area (Å²) in [6, 6.07) is 0. The topological polar surface area (TPSA) is 53.0 Å². The maximum absolute atomic E-state index is 9.61. The van der Waals surface area contributed by atoms with Gasteiger partial charge in [0.25, 0.3) is 0 Å². The molecule has 2 rings (SSSR count). The van der Waals surface area contributed by atoms with Gasteiger partial charge in [0, 0.05) is 0 Å². The van der Waals surface area contributed by atoms with Gasteiger partial charge in [-0.3, -0.25) is 0 Å². The summed E-state index contributed by atoms with van der Waals surface area (Å²) < 4.78 is 4.95. The minimum atomic E-state index is -1.19. The van der Waals surface area contributed by atoms with Crippen molar-refractivity contribution in [3.63, 3.8) is 0 Å². The summed E-state index contributed by atoms with van der Waals surface area (Å²) in [5.74, 6) is -0.988. The van der Waals surface area contributed by atoms with Gasteiger partial charge in [0.15, 0.2) is 6.10 Å². The highest BCUT2D eigenvalue weighted by atomic mass is 16.7. The third-order valence-corrected chi connectivity index (χ3v) is 2.53. The highest BCUT2D eigenvalue weighted by Gasteiger charge is 2.58. The molecule has 0 spiro atoms. The van der Waals surface area contributed by atoms with Gasteiger partial charge in [-0.2, -0.15) is 0 Å². The number of hydrogen-bond acceptors (Lipinski definition) is 3. The van der Waals surface area contributed by atoms with E-state index in [2.05, 4.69) is 6.92 Å². The van der Waals surface area contributed by atoms with Crippen LogP contribution in [0.25, 0.3) is 0 Å². The highest BCUT2D eigenvalue weighted by molar-refractivity contribution is 5.37. The number of fused-ring (bicyclic) bond motifs is 1. The Bertz CT molecular complexity index is 280. The molecule has 1 aliphatic heterocycles. The zero-order valence-corrected chi connectivity index (χ0v) is 7.66. The van der Waals surface area contributed by atoms with Gasteiger partial charge in [0.2, 0.25) is 5.79 Å². The van der Waals surface area contributed by atoms with Crippen molar-refractivity contribution in [3.05, 3.63) is 23.5 Å². The summed E-state index contributed by atoms with van der Waals surface area (Å²) in [5, 5.41) is 19.1. The van der Waals surface area contributed by atoms with Crippen molar-refractivity contribution in [1.29, 1.82) is 0 Å². The van der Waals surface area contributed by atoms with Crippen molar-refractivity contribution >= 4 is 0 Å². The number of allylic oxidation sites excluding steroid dienone is 2. The zero-order chi connectivity index (χ0) is 9.47. The lowest BCUT2D eigenvalue weighted by Gasteiger charge is -2.09. The molecule has 1 fully saturated rings. The Hall–Kier alpha value is -0.800. The fraction of sp³-hybridized carbons (Fsp3) is 0.600. The third-order valence-electron chi connectivity index (χ3n) is 2.53. The van der Waals surface area contributed by atoms with Crippen molar-refractivity contribution in [2.24, 2.45) is 0 Å². The van der Waals surface area contributed by atoms with Crippen LogP contribution in [-0.4, -0.2) is 22.1 Å². The molecule has 0 aromatic heterocycles. The molecule has 3 nitrogen and oxygen atoms in total. The van der Waals surface area contributed by atoms with Crippen molar-refractivity contribution in [1.82, 2.24) is 0 Å². The molecule has 2 aliphatic rings. The number of hydrogen-bond donors (Lipinski definition) is 2. The monoisotopic (exact) mass is 182 g/mol. The first-order valence-electron chi connectivity index (χ1n) is 4.69. The fourth-order valence-electron chi connectivity index (χ4n) is 1.59. The van der Waals surface area contributed by atoms with Crippen LogP contribution in [0, 0.1) is 0 Å². The van der Waals surface area contributed by atoms with Crippen LogP contribution in [0.4, 0.5) is 0 Å². The average Bonchev–Trinajstić information content (AvgIpc) is 2.78. The lowest BCUT2D eigenvalue weighted by molar-refractivity contribution is 0.0824. The van der Waals surface area contributed by atoms with Crippen LogP contribution in [0.2, 0.25) is 0 Å². The summed E-state index contributed by atoms with van der Waals surface area (Å²) in [4.78, 5) is 0. The molecule has 1 heterocycles. The van der Waals surface area contributed by atoms with Gasteiger partial charge in [-0.1, -0.05) is 19.4 Å². The van der Waals surface area contributed by atoms with Crippen molar-refractivity contribution in [2.75, 3.05) is 0 Å². The zero-order valence-electron chi connectivity index (χ0n) is 7.66. The second kappa shape index (κ2) is 2.86. The summed E-state index contributed by atoms with van der Waals surface area (Å²) in [6.45, 7) is 2.11. The van der Waals surface area contributed by atoms with Gasteiger partial charge in [0.1, 0.15) is 5.76 Å². The lowest BCUT2D eigenvalue weighted by Crippen LogP contribution is -2.16. The quantitative estimate of drug-likeness (QED) is 0.652. The molecule has 1 saturated heterocycles. The Morgan fingerprint density at radius 3 is 3.08 bits per heavy atom. The van der Waals surface area contributed by atoms with E-state index in [-0.39, 0.29) is 5.76 Å². The maximum Gasteiger partial charge on any atom is 0.221 e. The predicted octanol–water partition coefficient (Wildman–Crippen LogP) is 1.65. The van der Waals surface area contributed by atoms with Crippen molar-refractivity contribution < 1.29 is 14.9 Å². The predicted molar refractivity (Wildman–Crippen MR) is 48.1 cm³/mol. The number of aliphatic hydroxyl groups excluding tert-OH is 1. The van der Waals surface area contributed by atoms with Crippen LogP contribution in [0.1, 0.15) is 26.2 Å². The summed E-state index contributed by atoms with van der Waals surface area (Å²) in [7, 11) is 0. The van der Waals surface area contributed by atoms with Gasteiger partial charge in [-0.05, 0) is 24.5 Å². The van der Waals surface area contributed by atoms with Crippen LogP contribution in [-0.2, 0) is 4.74 Å². The number of epoxide rings is 1. The molecule has 0 radical (unpaired) electrons. The minimum absolute atomic E-state index is 0.207. The first-order valence-corrected chi connectivity index (χ1v) is 4.69. The third kappa shape index (κ3) is 1.38. The first kappa shape index (κ1) is 8.78. The fourth-order valence-corrected chi connectivity index (χ4v) is 1.59. The van der Waals surface area contributed by atoms with Crippen LogP contribution in [0.5, 0.6) is 0 Å². The highest BCUT2D eigenvalue weighted by Crippen LogP contribution is 2.44. The normalized spacial score (nSPS) is 36.3. The van der Waals surface area contributed by atoms with Gasteiger partial charge >= 0.3 is 0 Å². The molecule has 0 bridgehead atoms. The van der Waals surface area contributed by atoms with E-state index < -0.39 is 11.9 Å². The SMILES string of the molecule is CCCCC1=C(O)C2OC2(O)C=C1.